The first-order chi connectivity index (χ1) is 9.69. The van der Waals surface area contributed by atoms with Crippen LogP contribution in [0.4, 0.5) is 0 Å². The van der Waals surface area contributed by atoms with Gasteiger partial charge in [0.25, 0.3) is 5.54 Å². The monoisotopic (exact) mass is 277 g/mol. The Morgan fingerprint density at radius 1 is 1.25 bits per heavy atom. The molecule has 1 fully saturated rings. The van der Waals surface area contributed by atoms with E-state index in [9.17, 15) is 10.1 Å². The van der Waals surface area contributed by atoms with Gasteiger partial charge in [0, 0.05) is 30.4 Å². The zero-order valence-electron chi connectivity index (χ0n) is 11.6. The van der Waals surface area contributed by atoms with E-state index in [1.165, 1.54) is 0 Å². The van der Waals surface area contributed by atoms with Crippen molar-refractivity contribution in [3.63, 3.8) is 0 Å². The van der Waals surface area contributed by atoms with Gasteiger partial charge in [0.05, 0.1) is 0 Å². The summed E-state index contributed by atoms with van der Waals surface area (Å²) in [5.74, 6) is 0. The molecule has 108 valence electrons. The van der Waals surface area contributed by atoms with Crippen LogP contribution in [0.15, 0.2) is 24.3 Å². The Morgan fingerprint density at radius 2 is 1.90 bits per heavy atom. The fraction of sp³-hybridized carbons (Fsp3) is 0.600. The van der Waals surface area contributed by atoms with Gasteiger partial charge >= 0.3 is 0 Å². The number of hydrogen-bond acceptors (Lipinski definition) is 4. The number of hydrogen-bond donors (Lipinski definition) is 0. The standard InChI is InChI=1S/C15H19NO4/c1-19-14-12-8-4-3-7-11(12)13(20-14)15(16(17)18)9-5-2-6-10-15/h3-4,7-8,13-14H,2,5-6,9-10H2,1H3/t13-,14+/m0/s1. The second-order valence-electron chi connectivity index (χ2n) is 5.63. The molecule has 0 aromatic heterocycles. The van der Waals surface area contributed by atoms with Crippen molar-refractivity contribution < 1.29 is 14.4 Å². The topological polar surface area (TPSA) is 61.6 Å². The fourth-order valence-electron chi connectivity index (χ4n) is 3.54. The Balaban J connectivity index is 2.03. The minimum atomic E-state index is -0.998. The predicted octanol–water partition coefficient (Wildman–Crippen LogP) is 3.38. The molecule has 0 spiro atoms. The maximum Gasteiger partial charge on any atom is 0.252 e. The van der Waals surface area contributed by atoms with Gasteiger partial charge in [-0.2, -0.15) is 0 Å². The maximum absolute atomic E-state index is 11.8. The Labute approximate surface area is 118 Å². The molecule has 1 heterocycles. The lowest BCUT2D eigenvalue weighted by atomic mass is 9.76. The Bertz CT molecular complexity index is 510. The lowest BCUT2D eigenvalue weighted by Gasteiger charge is -2.33. The van der Waals surface area contributed by atoms with Crippen LogP contribution in [0.5, 0.6) is 0 Å². The molecule has 0 amide bonds. The van der Waals surface area contributed by atoms with Crippen LogP contribution in [0.1, 0.15) is 55.6 Å². The van der Waals surface area contributed by atoms with E-state index in [0.717, 1.165) is 30.4 Å². The molecular weight excluding hydrogens is 258 g/mol. The molecule has 2 aliphatic rings. The highest BCUT2D eigenvalue weighted by molar-refractivity contribution is 5.35. The minimum Gasteiger partial charge on any atom is -0.352 e. The van der Waals surface area contributed by atoms with E-state index in [4.69, 9.17) is 9.47 Å². The van der Waals surface area contributed by atoms with Gasteiger partial charge in [0.15, 0.2) is 12.4 Å². The average molecular weight is 277 g/mol. The summed E-state index contributed by atoms with van der Waals surface area (Å²) in [6, 6.07) is 7.68. The number of methoxy groups -OCH3 is 1. The van der Waals surface area contributed by atoms with Gasteiger partial charge in [-0.25, -0.2) is 0 Å². The molecule has 5 heteroatoms. The first kappa shape index (κ1) is 13.5. The van der Waals surface area contributed by atoms with E-state index in [2.05, 4.69) is 0 Å². The number of nitrogens with zero attached hydrogens (tertiary/aromatic N) is 1. The summed E-state index contributed by atoms with van der Waals surface area (Å²) in [5, 5.41) is 11.8. The summed E-state index contributed by atoms with van der Waals surface area (Å²) < 4.78 is 11.3. The fourth-order valence-corrected chi connectivity index (χ4v) is 3.54. The molecule has 0 unspecified atom stereocenters. The average Bonchev–Trinajstić information content (AvgIpc) is 2.87. The van der Waals surface area contributed by atoms with Crippen molar-refractivity contribution in [3.8, 4) is 0 Å². The molecule has 1 aliphatic heterocycles. The molecule has 0 radical (unpaired) electrons. The molecule has 0 saturated heterocycles. The second kappa shape index (κ2) is 5.14. The maximum atomic E-state index is 11.8. The molecule has 5 nitrogen and oxygen atoms in total. The molecule has 20 heavy (non-hydrogen) atoms. The van der Waals surface area contributed by atoms with Gasteiger partial charge in [0.2, 0.25) is 0 Å². The van der Waals surface area contributed by atoms with Crippen molar-refractivity contribution >= 4 is 0 Å². The number of nitro groups is 1. The third-order valence-electron chi connectivity index (χ3n) is 4.58. The largest absolute Gasteiger partial charge is 0.352 e. The van der Waals surface area contributed by atoms with E-state index < -0.39 is 17.9 Å². The molecule has 3 rings (SSSR count). The molecule has 1 aromatic rings. The van der Waals surface area contributed by atoms with Crippen molar-refractivity contribution in [2.24, 2.45) is 0 Å². The van der Waals surface area contributed by atoms with Crippen molar-refractivity contribution in [2.75, 3.05) is 7.11 Å². The zero-order valence-corrected chi connectivity index (χ0v) is 11.6. The molecule has 1 aliphatic carbocycles. The van der Waals surface area contributed by atoms with E-state index in [0.29, 0.717) is 12.8 Å². The third-order valence-corrected chi connectivity index (χ3v) is 4.58. The van der Waals surface area contributed by atoms with Crippen LogP contribution in [0.3, 0.4) is 0 Å². The number of benzene rings is 1. The van der Waals surface area contributed by atoms with Crippen LogP contribution in [0.2, 0.25) is 0 Å². The molecule has 2 atom stereocenters. The summed E-state index contributed by atoms with van der Waals surface area (Å²) in [6.07, 6.45) is 3.01. The number of fused-ring (bicyclic) bond motifs is 1. The van der Waals surface area contributed by atoms with Crippen LogP contribution in [-0.2, 0) is 9.47 Å². The molecule has 0 N–H and O–H groups in total. The summed E-state index contributed by atoms with van der Waals surface area (Å²) >= 11 is 0. The lowest BCUT2D eigenvalue weighted by Crippen LogP contribution is -2.46. The van der Waals surface area contributed by atoms with Crippen molar-refractivity contribution in [1.29, 1.82) is 0 Å². The summed E-state index contributed by atoms with van der Waals surface area (Å²) in [7, 11) is 1.57. The minimum absolute atomic E-state index is 0.119. The van der Waals surface area contributed by atoms with Gasteiger partial charge in [-0.1, -0.05) is 30.7 Å². The first-order valence-corrected chi connectivity index (χ1v) is 7.10. The van der Waals surface area contributed by atoms with E-state index in [1.54, 1.807) is 7.11 Å². The van der Waals surface area contributed by atoms with Crippen LogP contribution in [-0.4, -0.2) is 17.6 Å². The van der Waals surface area contributed by atoms with Crippen molar-refractivity contribution in [1.82, 2.24) is 0 Å². The van der Waals surface area contributed by atoms with Gasteiger partial charge in [-0.3, -0.25) is 10.1 Å². The SMILES string of the molecule is CO[C@@H]1O[C@H](C2([N+](=O)[O-])CCCCC2)c2ccccc21. The molecule has 1 aromatic carbocycles. The van der Waals surface area contributed by atoms with Crippen LogP contribution in [0.25, 0.3) is 0 Å². The number of ether oxygens (including phenoxy) is 2. The summed E-state index contributed by atoms with van der Waals surface area (Å²) in [6.45, 7) is 0. The van der Waals surface area contributed by atoms with E-state index in [1.807, 2.05) is 24.3 Å². The normalized spacial score (nSPS) is 28.1. The Morgan fingerprint density at radius 3 is 2.50 bits per heavy atom. The zero-order chi connectivity index (χ0) is 14.2. The smallest absolute Gasteiger partial charge is 0.252 e. The predicted molar refractivity (Wildman–Crippen MR) is 72.8 cm³/mol. The van der Waals surface area contributed by atoms with Crippen molar-refractivity contribution in [3.05, 3.63) is 45.5 Å². The van der Waals surface area contributed by atoms with Crippen LogP contribution in [0, 0.1) is 10.1 Å². The Hall–Kier alpha value is -1.46. The van der Waals surface area contributed by atoms with Gasteiger partial charge < -0.3 is 9.47 Å². The lowest BCUT2D eigenvalue weighted by molar-refractivity contribution is -0.592. The molecular formula is C15H19NO4. The second-order valence-corrected chi connectivity index (χ2v) is 5.63. The highest BCUT2D eigenvalue weighted by Gasteiger charge is 2.56. The van der Waals surface area contributed by atoms with Crippen LogP contribution < -0.4 is 0 Å². The van der Waals surface area contributed by atoms with Gasteiger partial charge in [-0.05, 0) is 18.4 Å². The van der Waals surface area contributed by atoms with Crippen molar-refractivity contribution in [2.45, 2.75) is 50.0 Å². The van der Waals surface area contributed by atoms with E-state index in [-0.39, 0.29) is 4.92 Å². The molecule has 0 bridgehead atoms. The summed E-state index contributed by atoms with van der Waals surface area (Å²) in [5.41, 5.74) is 0.839. The highest BCUT2D eigenvalue weighted by atomic mass is 16.7. The third kappa shape index (κ3) is 1.93. The van der Waals surface area contributed by atoms with Gasteiger partial charge in [-0.15, -0.1) is 0 Å². The van der Waals surface area contributed by atoms with Crippen LogP contribution >= 0.6 is 0 Å². The summed E-state index contributed by atoms with van der Waals surface area (Å²) in [4.78, 5) is 11.6. The number of rotatable bonds is 3. The quantitative estimate of drug-likeness (QED) is 0.627. The first-order valence-electron chi connectivity index (χ1n) is 7.10. The van der Waals surface area contributed by atoms with E-state index >= 15 is 0 Å². The molecule has 1 saturated carbocycles. The Kier molecular flexibility index (Phi) is 3.48. The highest BCUT2D eigenvalue weighted by Crippen LogP contribution is 2.50. The van der Waals surface area contributed by atoms with Gasteiger partial charge in [0.1, 0.15) is 0 Å².